The van der Waals surface area contributed by atoms with Gasteiger partial charge < -0.3 is 10.2 Å². The normalized spacial score (nSPS) is 16.5. The van der Waals surface area contributed by atoms with Crippen molar-refractivity contribution >= 4 is 0 Å². The van der Waals surface area contributed by atoms with E-state index in [0.717, 1.165) is 5.92 Å². The minimum absolute atomic E-state index is 0.682. The van der Waals surface area contributed by atoms with Crippen LogP contribution >= 0.6 is 0 Å². The lowest BCUT2D eigenvalue weighted by molar-refractivity contribution is 0.224. The largest absolute Gasteiger partial charge is 0.314 e. The first-order chi connectivity index (χ1) is 13.7. The Morgan fingerprint density at radius 1 is 0.821 bits per heavy atom. The van der Waals surface area contributed by atoms with Crippen LogP contribution in [0.2, 0.25) is 0 Å². The zero-order valence-electron chi connectivity index (χ0n) is 18.8. The van der Waals surface area contributed by atoms with E-state index in [1.807, 2.05) is 0 Å². The molecule has 0 radical (unpaired) electrons. The van der Waals surface area contributed by atoms with Gasteiger partial charge in [0.15, 0.2) is 0 Å². The zero-order chi connectivity index (χ0) is 19.9. The number of piperidine rings is 1. The number of benzene rings is 1. The Morgan fingerprint density at radius 3 is 2.29 bits per heavy atom. The molecule has 28 heavy (non-hydrogen) atoms. The molecule has 1 saturated heterocycles. The molecule has 0 spiro atoms. The first-order valence-corrected chi connectivity index (χ1v) is 12.2. The second kappa shape index (κ2) is 15.0. The Kier molecular flexibility index (Phi) is 12.6. The summed E-state index contributed by atoms with van der Waals surface area (Å²) in [4.78, 5) is 2.68. The Balaban J connectivity index is 1.52. The van der Waals surface area contributed by atoms with Crippen LogP contribution in [-0.2, 0) is 6.42 Å². The SMILES string of the molecule is CC(C)CCC(CCc1ccccc1)NCCCCCCCN1CCCCC1. The van der Waals surface area contributed by atoms with E-state index in [1.165, 1.54) is 109 Å². The van der Waals surface area contributed by atoms with E-state index in [1.54, 1.807) is 0 Å². The summed E-state index contributed by atoms with van der Waals surface area (Å²) in [6.07, 6.45) is 16.4. The van der Waals surface area contributed by atoms with Crippen molar-refractivity contribution in [2.75, 3.05) is 26.2 Å². The van der Waals surface area contributed by atoms with Crippen LogP contribution in [0.3, 0.4) is 0 Å². The lowest BCUT2D eigenvalue weighted by Crippen LogP contribution is -2.31. The predicted molar refractivity (Wildman–Crippen MR) is 124 cm³/mol. The molecular formula is C26H46N2. The smallest absolute Gasteiger partial charge is 0.00703 e. The van der Waals surface area contributed by atoms with Crippen molar-refractivity contribution in [2.45, 2.75) is 96.9 Å². The highest BCUT2D eigenvalue weighted by atomic mass is 15.1. The molecule has 1 atom stereocenters. The number of hydrogen-bond donors (Lipinski definition) is 1. The number of rotatable bonds is 15. The third-order valence-corrected chi connectivity index (χ3v) is 6.25. The second-order valence-electron chi connectivity index (χ2n) is 9.32. The monoisotopic (exact) mass is 386 g/mol. The molecule has 0 aliphatic carbocycles. The molecular weight excluding hydrogens is 340 g/mol. The van der Waals surface area contributed by atoms with Gasteiger partial charge in [-0.1, -0.05) is 69.9 Å². The Hall–Kier alpha value is -0.860. The van der Waals surface area contributed by atoms with Crippen molar-refractivity contribution in [3.63, 3.8) is 0 Å². The Bertz CT molecular complexity index is 465. The van der Waals surface area contributed by atoms with Gasteiger partial charge in [0.25, 0.3) is 0 Å². The third kappa shape index (κ3) is 11.2. The number of hydrogen-bond acceptors (Lipinski definition) is 2. The molecule has 1 heterocycles. The average Bonchev–Trinajstić information content (AvgIpc) is 2.72. The Morgan fingerprint density at radius 2 is 1.54 bits per heavy atom. The van der Waals surface area contributed by atoms with Gasteiger partial charge in [0.1, 0.15) is 0 Å². The molecule has 2 heteroatoms. The van der Waals surface area contributed by atoms with Crippen molar-refractivity contribution in [3.05, 3.63) is 35.9 Å². The average molecular weight is 387 g/mol. The molecule has 1 N–H and O–H groups in total. The van der Waals surface area contributed by atoms with Gasteiger partial charge in [0.05, 0.1) is 0 Å². The van der Waals surface area contributed by atoms with Crippen LogP contribution in [0.25, 0.3) is 0 Å². The van der Waals surface area contributed by atoms with Crippen LogP contribution in [0.5, 0.6) is 0 Å². The van der Waals surface area contributed by atoms with Crippen LogP contribution in [0.15, 0.2) is 30.3 Å². The fourth-order valence-electron chi connectivity index (χ4n) is 4.35. The van der Waals surface area contributed by atoms with Crippen molar-refractivity contribution < 1.29 is 0 Å². The van der Waals surface area contributed by atoms with Crippen LogP contribution < -0.4 is 5.32 Å². The molecule has 1 fully saturated rings. The summed E-state index contributed by atoms with van der Waals surface area (Å²) >= 11 is 0. The highest BCUT2D eigenvalue weighted by Crippen LogP contribution is 2.14. The molecule has 2 nitrogen and oxygen atoms in total. The predicted octanol–water partition coefficient (Wildman–Crippen LogP) is 6.45. The van der Waals surface area contributed by atoms with Crippen molar-refractivity contribution in [3.8, 4) is 0 Å². The Labute approximate surface area is 175 Å². The van der Waals surface area contributed by atoms with Gasteiger partial charge in [-0.05, 0) is 89.0 Å². The number of likely N-dealkylation sites (tertiary alicyclic amines) is 1. The summed E-state index contributed by atoms with van der Waals surface area (Å²) < 4.78 is 0. The number of nitrogens with zero attached hydrogens (tertiary/aromatic N) is 1. The first kappa shape index (κ1) is 23.4. The summed E-state index contributed by atoms with van der Waals surface area (Å²) in [5.41, 5.74) is 1.48. The maximum atomic E-state index is 3.88. The molecule has 0 amide bonds. The maximum absolute atomic E-state index is 3.88. The summed E-state index contributed by atoms with van der Waals surface area (Å²) in [6, 6.07) is 11.7. The van der Waals surface area contributed by atoms with E-state index < -0.39 is 0 Å². The number of aryl methyl sites for hydroxylation is 1. The van der Waals surface area contributed by atoms with E-state index in [0.29, 0.717) is 6.04 Å². The molecule has 0 aromatic heterocycles. The fourth-order valence-corrected chi connectivity index (χ4v) is 4.35. The van der Waals surface area contributed by atoms with Gasteiger partial charge in [-0.3, -0.25) is 0 Å². The van der Waals surface area contributed by atoms with Gasteiger partial charge in [-0.15, -0.1) is 0 Å². The zero-order valence-corrected chi connectivity index (χ0v) is 18.8. The fraction of sp³-hybridized carbons (Fsp3) is 0.769. The molecule has 2 rings (SSSR count). The van der Waals surface area contributed by atoms with E-state index in [-0.39, 0.29) is 0 Å². The van der Waals surface area contributed by atoms with Crippen LogP contribution in [0, 0.1) is 5.92 Å². The van der Waals surface area contributed by atoms with Gasteiger partial charge in [0.2, 0.25) is 0 Å². The first-order valence-electron chi connectivity index (χ1n) is 12.2. The van der Waals surface area contributed by atoms with Gasteiger partial charge in [-0.25, -0.2) is 0 Å². The van der Waals surface area contributed by atoms with Crippen LogP contribution in [0.1, 0.15) is 90.0 Å². The summed E-state index contributed by atoms with van der Waals surface area (Å²) in [5.74, 6) is 0.806. The molecule has 0 saturated carbocycles. The molecule has 1 aliphatic heterocycles. The molecule has 1 unspecified atom stereocenters. The quantitative estimate of drug-likeness (QED) is 0.348. The van der Waals surface area contributed by atoms with E-state index in [2.05, 4.69) is 54.4 Å². The van der Waals surface area contributed by atoms with E-state index >= 15 is 0 Å². The minimum atomic E-state index is 0.682. The summed E-state index contributed by atoms with van der Waals surface area (Å²) in [6.45, 7) is 9.93. The van der Waals surface area contributed by atoms with Gasteiger partial charge >= 0.3 is 0 Å². The molecule has 1 aromatic carbocycles. The molecule has 1 aromatic rings. The molecule has 1 aliphatic rings. The van der Waals surface area contributed by atoms with Crippen molar-refractivity contribution in [1.82, 2.24) is 10.2 Å². The van der Waals surface area contributed by atoms with Crippen molar-refractivity contribution in [1.29, 1.82) is 0 Å². The molecule has 0 bridgehead atoms. The van der Waals surface area contributed by atoms with Crippen LogP contribution in [0.4, 0.5) is 0 Å². The van der Waals surface area contributed by atoms with Crippen molar-refractivity contribution in [2.24, 2.45) is 5.92 Å². The lowest BCUT2D eigenvalue weighted by Gasteiger charge is -2.26. The van der Waals surface area contributed by atoms with E-state index in [9.17, 15) is 0 Å². The number of unbranched alkanes of at least 4 members (excludes halogenated alkanes) is 4. The van der Waals surface area contributed by atoms with Gasteiger partial charge in [-0.2, -0.15) is 0 Å². The molecule has 160 valence electrons. The van der Waals surface area contributed by atoms with E-state index in [4.69, 9.17) is 0 Å². The second-order valence-corrected chi connectivity index (χ2v) is 9.32. The van der Waals surface area contributed by atoms with Crippen LogP contribution in [-0.4, -0.2) is 37.1 Å². The van der Waals surface area contributed by atoms with Gasteiger partial charge in [0, 0.05) is 6.04 Å². The third-order valence-electron chi connectivity index (χ3n) is 6.25. The standard InChI is InChI=1S/C26H46N2/c1-24(2)16-18-26(19-17-25-14-8-6-9-15-25)27-20-10-4-3-5-11-21-28-22-12-7-13-23-28/h6,8-9,14-15,24,26-27H,3-5,7,10-13,16-23H2,1-2H3. The topological polar surface area (TPSA) is 15.3 Å². The summed E-state index contributed by atoms with van der Waals surface area (Å²) in [7, 11) is 0. The number of nitrogens with one attached hydrogen (secondary N) is 1. The highest BCUT2D eigenvalue weighted by molar-refractivity contribution is 5.14. The maximum Gasteiger partial charge on any atom is 0.00703 e. The lowest BCUT2D eigenvalue weighted by atomic mass is 9.97. The summed E-state index contributed by atoms with van der Waals surface area (Å²) in [5, 5.41) is 3.88. The minimum Gasteiger partial charge on any atom is -0.314 e. The highest BCUT2D eigenvalue weighted by Gasteiger charge is 2.10.